The molecule has 0 heterocycles. The van der Waals surface area contributed by atoms with Crippen LogP contribution >= 0.6 is 0 Å². The summed E-state index contributed by atoms with van der Waals surface area (Å²) in [4.78, 5) is 0. The van der Waals surface area contributed by atoms with E-state index in [1.165, 1.54) is 0 Å². The summed E-state index contributed by atoms with van der Waals surface area (Å²) in [5.74, 6) is 0. The van der Waals surface area contributed by atoms with Crippen molar-refractivity contribution >= 4 is 8.05 Å². The summed E-state index contributed by atoms with van der Waals surface area (Å²) in [6.45, 7) is 3.48. The fourth-order valence-electron chi connectivity index (χ4n) is 2.00. The lowest BCUT2D eigenvalue weighted by molar-refractivity contribution is 0.0380. The Bertz CT molecular complexity index is 215. The van der Waals surface area contributed by atoms with Gasteiger partial charge in [0.15, 0.2) is 0 Å². The predicted molar refractivity (Wildman–Crippen MR) is 73.7 cm³/mol. The third-order valence-corrected chi connectivity index (χ3v) is 3.18. The quantitative estimate of drug-likeness (QED) is 0.406. The van der Waals surface area contributed by atoms with Crippen molar-refractivity contribution in [3.8, 4) is 0 Å². The van der Waals surface area contributed by atoms with Gasteiger partial charge in [0.1, 0.15) is 0 Å². The van der Waals surface area contributed by atoms with E-state index in [-0.39, 0.29) is 6.10 Å². The molecule has 2 radical (unpaired) electrons. The maximum absolute atomic E-state index is 9.83. The molecule has 0 amide bonds. The summed E-state index contributed by atoms with van der Waals surface area (Å²) in [6.07, 6.45) is -0.215. The summed E-state index contributed by atoms with van der Waals surface area (Å²) < 4.78 is 4.74. The summed E-state index contributed by atoms with van der Waals surface area (Å²) in [5.41, 5.74) is 0. The molecule has 0 aliphatic heterocycles. The molecule has 0 bridgehead atoms. The van der Waals surface area contributed by atoms with Gasteiger partial charge in [-0.2, -0.15) is 0 Å². The number of rotatable bonds is 11. The smallest absolute Gasteiger partial charge is 0.283 e. The molecule has 4 N–H and O–H groups in total. The van der Waals surface area contributed by atoms with Crippen molar-refractivity contribution in [1.82, 2.24) is 0 Å². The van der Waals surface area contributed by atoms with E-state index < -0.39 is 24.4 Å². The Morgan fingerprint density at radius 1 is 0.895 bits per heavy atom. The molecule has 112 valence electrons. The summed E-state index contributed by atoms with van der Waals surface area (Å²) in [7, 11) is 5.14. The fourth-order valence-corrected chi connectivity index (χ4v) is 2.00. The molecule has 0 saturated carbocycles. The minimum Gasteiger partial charge on any atom is -0.445 e. The minimum absolute atomic E-state index is 0.304. The first-order valence-electron chi connectivity index (χ1n) is 6.96. The van der Waals surface area contributed by atoms with Crippen LogP contribution in [0.25, 0.3) is 0 Å². The molecule has 0 aromatic carbocycles. The molecule has 0 aliphatic carbocycles. The Morgan fingerprint density at radius 2 is 1.37 bits per heavy atom. The van der Waals surface area contributed by atoms with Crippen LogP contribution in [-0.2, 0) is 4.65 Å². The number of hydrogen-bond donors (Lipinski definition) is 4. The van der Waals surface area contributed by atoms with Crippen LogP contribution in [0.2, 0.25) is 0 Å². The molecule has 5 atom stereocenters. The summed E-state index contributed by atoms with van der Waals surface area (Å²) in [6, 6.07) is 0. The van der Waals surface area contributed by atoms with Gasteiger partial charge in [0.25, 0.3) is 8.05 Å². The lowest BCUT2D eigenvalue weighted by Crippen LogP contribution is -2.26. The molecule has 0 spiro atoms. The van der Waals surface area contributed by atoms with Crippen LogP contribution in [-0.4, -0.2) is 59.0 Å². The molecule has 0 aromatic rings. The Hall–Kier alpha value is -0.135. The van der Waals surface area contributed by atoms with Crippen molar-refractivity contribution < 1.29 is 25.1 Å². The minimum atomic E-state index is -0.638. The highest BCUT2D eigenvalue weighted by Crippen LogP contribution is 2.15. The van der Waals surface area contributed by atoms with E-state index in [0.29, 0.717) is 38.5 Å². The normalized spacial score (nSPS) is 19.7. The van der Waals surface area contributed by atoms with Crippen LogP contribution in [0.1, 0.15) is 52.4 Å². The van der Waals surface area contributed by atoms with Crippen LogP contribution in [0, 0.1) is 0 Å². The monoisotopic (exact) mass is 274 g/mol. The van der Waals surface area contributed by atoms with E-state index in [9.17, 15) is 15.3 Å². The summed E-state index contributed by atoms with van der Waals surface area (Å²) >= 11 is 0. The van der Waals surface area contributed by atoms with Gasteiger partial charge in [-0.05, 0) is 45.4 Å². The number of aliphatic hydroxyl groups is 4. The van der Waals surface area contributed by atoms with Gasteiger partial charge in [0.05, 0.1) is 24.4 Å². The van der Waals surface area contributed by atoms with Gasteiger partial charge < -0.3 is 25.1 Å². The lowest BCUT2D eigenvalue weighted by Gasteiger charge is -2.22. The molecule has 19 heavy (non-hydrogen) atoms. The standard InChI is InChI=1S/C13H27BO5/c1-3-10(16)7-13(19-14)8-12(18)5-4-11(17)6-9(2)15/h9-13,15-18H,3-8H2,1-2H3. The second-order valence-electron chi connectivity index (χ2n) is 5.26. The third-order valence-electron chi connectivity index (χ3n) is 3.18. The van der Waals surface area contributed by atoms with Crippen molar-refractivity contribution in [2.45, 2.75) is 82.9 Å². The van der Waals surface area contributed by atoms with Gasteiger partial charge in [-0.3, -0.25) is 0 Å². The average molecular weight is 274 g/mol. The largest absolute Gasteiger partial charge is 0.445 e. The zero-order chi connectivity index (χ0) is 14.8. The number of aliphatic hydroxyl groups excluding tert-OH is 4. The van der Waals surface area contributed by atoms with Gasteiger partial charge in [-0.1, -0.05) is 6.92 Å². The second kappa shape index (κ2) is 10.6. The molecule has 0 aromatic heterocycles. The maximum atomic E-state index is 9.83. The molecule has 6 heteroatoms. The average Bonchev–Trinajstić information content (AvgIpc) is 2.34. The van der Waals surface area contributed by atoms with Crippen LogP contribution in [0.3, 0.4) is 0 Å². The van der Waals surface area contributed by atoms with E-state index in [2.05, 4.69) is 0 Å². The lowest BCUT2D eigenvalue weighted by atomic mass is 9.98. The Labute approximate surface area is 117 Å². The molecular weight excluding hydrogens is 247 g/mol. The predicted octanol–water partition coefficient (Wildman–Crippen LogP) is 0.279. The zero-order valence-electron chi connectivity index (χ0n) is 11.9. The third kappa shape index (κ3) is 10.3. The first kappa shape index (κ1) is 18.9. The van der Waals surface area contributed by atoms with Crippen LogP contribution in [0.4, 0.5) is 0 Å². The highest BCUT2D eigenvalue weighted by Gasteiger charge is 2.18. The molecule has 5 nitrogen and oxygen atoms in total. The molecule has 5 unspecified atom stereocenters. The van der Waals surface area contributed by atoms with Crippen LogP contribution in [0.15, 0.2) is 0 Å². The van der Waals surface area contributed by atoms with E-state index in [1.54, 1.807) is 6.92 Å². The molecular formula is C13H27BO5. The van der Waals surface area contributed by atoms with Gasteiger partial charge in [-0.25, -0.2) is 0 Å². The van der Waals surface area contributed by atoms with Crippen LogP contribution in [0.5, 0.6) is 0 Å². The topological polar surface area (TPSA) is 90.2 Å². The molecule has 0 aliphatic rings. The van der Waals surface area contributed by atoms with Gasteiger partial charge >= 0.3 is 0 Å². The van der Waals surface area contributed by atoms with Gasteiger partial charge in [-0.15, -0.1) is 0 Å². The highest BCUT2D eigenvalue weighted by molar-refractivity contribution is 5.98. The molecule has 0 rings (SSSR count). The van der Waals surface area contributed by atoms with E-state index >= 15 is 0 Å². The fraction of sp³-hybridized carbons (Fsp3) is 1.00. The van der Waals surface area contributed by atoms with Crippen molar-refractivity contribution in [1.29, 1.82) is 0 Å². The van der Waals surface area contributed by atoms with Gasteiger partial charge in [0, 0.05) is 6.10 Å². The SMILES string of the molecule is [B]OC(CC(O)CC)CC(O)CCC(O)CC(C)O. The van der Waals surface area contributed by atoms with Crippen molar-refractivity contribution in [2.75, 3.05) is 0 Å². The first-order valence-corrected chi connectivity index (χ1v) is 6.96. The van der Waals surface area contributed by atoms with E-state index in [0.717, 1.165) is 0 Å². The zero-order valence-corrected chi connectivity index (χ0v) is 11.9. The van der Waals surface area contributed by atoms with E-state index in [4.69, 9.17) is 17.8 Å². The van der Waals surface area contributed by atoms with E-state index in [1.807, 2.05) is 6.92 Å². The maximum Gasteiger partial charge on any atom is 0.283 e. The first-order chi connectivity index (χ1) is 8.88. The Balaban J connectivity index is 3.90. The van der Waals surface area contributed by atoms with Crippen molar-refractivity contribution in [3.63, 3.8) is 0 Å². The Kier molecular flexibility index (Phi) is 10.6. The van der Waals surface area contributed by atoms with Gasteiger partial charge in [0.2, 0.25) is 0 Å². The molecule has 0 fully saturated rings. The second-order valence-corrected chi connectivity index (χ2v) is 5.26. The molecule has 0 saturated heterocycles. The Morgan fingerprint density at radius 3 is 1.79 bits per heavy atom. The van der Waals surface area contributed by atoms with Crippen molar-refractivity contribution in [3.05, 3.63) is 0 Å². The highest BCUT2D eigenvalue weighted by atomic mass is 16.4. The van der Waals surface area contributed by atoms with Crippen molar-refractivity contribution in [2.24, 2.45) is 0 Å². The van der Waals surface area contributed by atoms with Crippen LogP contribution < -0.4 is 0 Å². The summed E-state index contributed by atoms with van der Waals surface area (Å²) in [5, 5.41) is 38.0. The number of hydrogen-bond acceptors (Lipinski definition) is 5.